The van der Waals surface area contributed by atoms with E-state index in [0.717, 1.165) is 6.26 Å². The van der Waals surface area contributed by atoms with Gasteiger partial charge in [-0.3, -0.25) is 20.4 Å². The summed E-state index contributed by atoms with van der Waals surface area (Å²) in [6.45, 7) is 0. The molecule has 0 saturated carbocycles. The summed E-state index contributed by atoms with van der Waals surface area (Å²) in [7, 11) is -0.305. The summed E-state index contributed by atoms with van der Waals surface area (Å²) in [4.78, 5) is 24.0. The number of benzene rings is 2. The Morgan fingerprint density at radius 1 is 0.964 bits per heavy atom. The predicted molar refractivity (Wildman–Crippen MR) is 104 cm³/mol. The van der Waals surface area contributed by atoms with Crippen LogP contribution in [0.2, 0.25) is 0 Å². The second-order valence-corrected chi connectivity index (χ2v) is 7.70. The molecule has 0 aromatic heterocycles. The van der Waals surface area contributed by atoms with Crippen LogP contribution in [0, 0.1) is 0 Å². The van der Waals surface area contributed by atoms with Crippen molar-refractivity contribution in [3.05, 3.63) is 59.7 Å². The van der Waals surface area contributed by atoms with Crippen molar-refractivity contribution in [2.24, 2.45) is 0 Å². The molecule has 2 aromatic carbocycles. The van der Waals surface area contributed by atoms with Gasteiger partial charge in [-0.2, -0.15) is 0 Å². The molecule has 0 radical (unpaired) electrons. The zero-order valence-electron chi connectivity index (χ0n) is 15.6. The maximum atomic E-state index is 12.0. The van der Waals surface area contributed by atoms with Crippen LogP contribution in [0.3, 0.4) is 0 Å². The Balaban J connectivity index is 1.96. The lowest BCUT2D eigenvalue weighted by Gasteiger charge is -2.08. The number of hydrogen-bond acceptors (Lipinski definition) is 6. The molecule has 0 heterocycles. The van der Waals surface area contributed by atoms with Gasteiger partial charge in [0.05, 0.1) is 19.1 Å². The maximum Gasteiger partial charge on any atom is 0.269 e. The van der Waals surface area contributed by atoms with E-state index in [1.54, 1.807) is 18.2 Å². The Morgan fingerprint density at radius 2 is 1.64 bits per heavy atom. The molecule has 2 N–H and O–H groups in total. The molecular formula is C19H20N2O6S. The average Bonchev–Trinajstić information content (AvgIpc) is 2.69. The molecule has 0 aliphatic heterocycles. The quantitative estimate of drug-likeness (QED) is 0.559. The van der Waals surface area contributed by atoms with Gasteiger partial charge in [-0.1, -0.05) is 0 Å². The topological polar surface area (TPSA) is 111 Å². The van der Waals surface area contributed by atoms with Crippen LogP contribution >= 0.6 is 0 Å². The third kappa shape index (κ3) is 5.58. The Hall–Kier alpha value is -3.33. The van der Waals surface area contributed by atoms with Crippen LogP contribution in [0.1, 0.15) is 15.9 Å². The van der Waals surface area contributed by atoms with Crippen molar-refractivity contribution in [3.8, 4) is 11.5 Å². The van der Waals surface area contributed by atoms with Gasteiger partial charge in [0.15, 0.2) is 9.84 Å². The first-order valence-corrected chi connectivity index (χ1v) is 9.94. The summed E-state index contributed by atoms with van der Waals surface area (Å²) in [5.74, 6) is 0.00816. The number of sulfone groups is 1. The lowest BCUT2D eigenvalue weighted by Crippen LogP contribution is -2.40. The van der Waals surface area contributed by atoms with E-state index in [4.69, 9.17) is 9.47 Å². The van der Waals surface area contributed by atoms with Crippen molar-refractivity contribution in [1.82, 2.24) is 10.9 Å². The monoisotopic (exact) mass is 404 g/mol. The fourth-order valence-electron chi connectivity index (χ4n) is 2.21. The third-order valence-corrected chi connectivity index (χ3v) is 4.83. The van der Waals surface area contributed by atoms with Crippen molar-refractivity contribution in [2.75, 3.05) is 20.5 Å². The van der Waals surface area contributed by atoms with Crippen molar-refractivity contribution in [3.63, 3.8) is 0 Å². The molecule has 2 aromatic rings. The molecule has 0 spiro atoms. The summed E-state index contributed by atoms with van der Waals surface area (Å²) < 4.78 is 33.2. The predicted octanol–water partition coefficient (Wildman–Crippen LogP) is 1.58. The minimum Gasteiger partial charge on any atom is -0.497 e. The smallest absolute Gasteiger partial charge is 0.269 e. The fraction of sp³-hybridized carbons (Fsp3) is 0.158. The van der Waals surface area contributed by atoms with Crippen LogP contribution in [0.15, 0.2) is 53.4 Å². The molecule has 0 unspecified atom stereocenters. The maximum absolute atomic E-state index is 12.0. The Bertz CT molecular complexity index is 998. The molecule has 28 heavy (non-hydrogen) atoms. The lowest BCUT2D eigenvalue weighted by molar-refractivity contribution is -0.117. The second kappa shape index (κ2) is 9.05. The largest absolute Gasteiger partial charge is 0.497 e. The number of carbonyl (C=O) groups excluding carboxylic acids is 2. The van der Waals surface area contributed by atoms with Crippen molar-refractivity contribution >= 4 is 27.7 Å². The number of nitrogens with one attached hydrogen (secondary N) is 2. The standard InChI is InChI=1S/C19H20N2O6S/c1-26-15-8-4-13(17(12-15)27-2)7-11-18(22)20-21-19(23)14-5-9-16(10-6-14)28(3,24)25/h4-12H,1-3H3,(H,20,22)(H,21,23)/b11-7+. The van der Waals surface area contributed by atoms with E-state index in [1.807, 2.05) is 0 Å². The van der Waals surface area contributed by atoms with Crippen molar-refractivity contribution < 1.29 is 27.5 Å². The number of hydrogen-bond donors (Lipinski definition) is 2. The zero-order chi connectivity index (χ0) is 20.7. The molecule has 8 nitrogen and oxygen atoms in total. The van der Waals surface area contributed by atoms with E-state index in [9.17, 15) is 18.0 Å². The third-order valence-electron chi connectivity index (χ3n) is 3.70. The van der Waals surface area contributed by atoms with E-state index in [0.29, 0.717) is 17.1 Å². The van der Waals surface area contributed by atoms with E-state index in [1.165, 1.54) is 50.6 Å². The van der Waals surface area contributed by atoms with Gasteiger partial charge in [0.25, 0.3) is 11.8 Å². The summed E-state index contributed by atoms with van der Waals surface area (Å²) in [5.41, 5.74) is 5.35. The number of amides is 2. The molecule has 0 aliphatic rings. The normalized spacial score (nSPS) is 11.1. The highest BCUT2D eigenvalue weighted by Crippen LogP contribution is 2.25. The molecule has 0 atom stereocenters. The minimum atomic E-state index is -3.34. The van der Waals surface area contributed by atoms with Gasteiger partial charge in [0, 0.05) is 29.5 Å². The molecule has 2 amide bonds. The highest BCUT2D eigenvalue weighted by molar-refractivity contribution is 7.90. The Morgan fingerprint density at radius 3 is 2.21 bits per heavy atom. The van der Waals surface area contributed by atoms with E-state index in [2.05, 4.69) is 10.9 Å². The molecule has 0 saturated heterocycles. The highest BCUT2D eigenvalue weighted by atomic mass is 32.2. The summed E-state index contributed by atoms with van der Waals surface area (Å²) in [5, 5.41) is 0. The van der Waals surface area contributed by atoms with Gasteiger partial charge in [0.2, 0.25) is 0 Å². The van der Waals surface area contributed by atoms with Crippen LogP contribution < -0.4 is 20.3 Å². The summed E-state index contributed by atoms with van der Waals surface area (Å²) in [6, 6.07) is 10.5. The Kier molecular flexibility index (Phi) is 6.78. The fourth-order valence-corrected chi connectivity index (χ4v) is 2.84. The number of hydrazine groups is 1. The van der Waals surface area contributed by atoms with Gasteiger partial charge < -0.3 is 9.47 Å². The van der Waals surface area contributed by atoms with Crippen LogP contribution in [0.5, 0.6) is 11.5 Å². The van der Waals surface area contributed by atoms with Crippen LogP contribution in [-0.4, -0.2) is 40.7 Å². The number of ether oxygens (including phenoxy) is 2. The van der Waals surface area contributed by atoms with Gasteiger partial charge in [-0.05, 0) is 42.5 Å². The minimum absolute atomic E-state index is 0.101. The van der Waals surface area contributed by atoms with E-state index in [-0.39, 0.29) is 10.5 Å². The van der Waals surface area contributed by atoms with Crippen LogP contribution in [0.4, 0.5) is 0 Å². The second-order valence-electron chi connectivity index (χ2n) is 5.68. The molecule has 2 rings (SSSR count). The molecule has 0 aliphatic carbocycles. The first kappa shape index (κ1) is 21.0. The highest BCUT2D eigenvalue weighted by Gasteiger charge is 2.10. The first-order chi connectivity index (χ1) is 13.2. The molecule has 148 valence electrons. The van der Waals surface area contributed by atoms with Crippen LogP contribution in [-0.2, 0) is 14.6 Å². The molecule has 0 bridgehead atoms. The average molecular weight is 404 g/mol. The van der Waals surface area contributed by atoms with Gasteiger partial charge in [0.1, 0.15) is 11.5 Å². The van der Waals surface area contributed by atoms with Gasteiger partial charge in [-0.25, -0.2) is 8.42 Å². The molecule has 9 heteroatoms. The lowest BCUT2D eigenvalue weighted by atomic mass is 10.1. The molecular weight excluding hydrogens is 384 g/mol. The van der Waals surface area contributed by atoms with Crippen LogP contribution in [0.25, 0.3) is 6.08 Å². The number of rotatable bonds is 6. The van der Waals surface area contributed by atoms with Gasteiger partial charge >= 0.3 is 0 Å². The first-order valence-electron chi connectivity index (χ1n) is 8.05. The number of carbonyl (C=O) groups is 2. The van der Waals surface area contributed by atoms with Crippen molar-refractivity contribution in [1.29, 1.82) is 0 Å². The number of methoxy groups -OCH3 is 2. The summed E-state index contributed by atoms with van der Waals surface area (Å²) >= 11 is 0. The Labute approximate surface area is 163 Å². The van der Waals surface area contributed by atoms with E-state index >= 15 is 0 Å². The SMILES string of the molecule is COc1ccc(/C=C/C(=O)NNC(=O)c2ccc(S(C)(=O)=O)cc2)c(OC)c1. The van der Waals surface area contributed by atoms with Crippen molar-refractivity contribution in [2.45, 2.75) is 4.90 Å². The zero-order valence-corrected chi connectivity index (χ0v) is 16.4. The van der Waals surface area contributed by atoms with Gasteiger partial charge in [-0.15, -0.1) is 0 Å². The summed E-state index contributed by atoms with van der Waals surface area (Å²) in [6.07, 6.45) is 3.84. The van der Waals surface area contributed by atoms with E-state index < -0.39 is 21.7 Å². The molecule has 0 fully saturated rings.